The number of hydrogen-bond acceptors (Lipinski definition) is 7. The van der Waals surface area contributed by atoms with E-state index in [1.165, 1.54) is 7.11 Å². The van der Waals surface area contributed by atoms with E-state index >= 15 is 0 Å². The van der Waals surface area contributed by atoms with E-state index in [1.54, 1.807) is 18.2 Å². The summed E-state index contributed by atoms with van der Waals surface area (Å²) in [5.74, 6) is 0.956. The maximum atomic E-state index is 12.6. The number of phenolic OH excluding ortho intramolecular Hbond substituents is 1. The Labute approximate surface area is 155 Å². The fourth-order valence-electron chi connectivity index (χ4n) is 4.09. The van der Waals surface area contributed by atoms with Gasteiger partial charge >= 0.3 is 5.97 Å². The highest BCUT2D eigenvalue weighted by molar-refractivity contribution is 5.77. The smallest absolute Gasteiger partial charge is 0.313 e. The van der Waals surface area contributed by atoms with E-state index in [0.29, 0.717) is 23.9 Å². The fraction of sp³-hybridized carbons (Fsp3) is 0.350. The number of hydrogen-bond donors (Lipinski definition) is 1. The largest absolute Gasteiger partial charge is 0.504 e. The van der Waals surface area contributed by atoms with Gasteiger partial charge in [-0.1, -0.05) is 12.1 Å². The molecule has 7 nitrogen and oxygen atoms in total. The van der Waals surface area contributed by atoms with Gasteiger partial charge in [0, 0.05) is 5.92 Å². The van der Waals surface area contributed by atoms with Gasteiger partial charge in [-0.05, 0) is 35.4 Å². The second kappa shape index (κ2) is 6.06. The van der Waals surface area contributed by atoms with Gasteiger partial charge in [0.1, 0.15) is 6.10 Å². The van der Waals surface area contributed by atoms with Gasteiger partial charge in [-0.2, -0.15) is 0 Å². The molecule has 140 valence electrons. The summed E-state index contributed by atoms with van der Waals surface area (Å²) < 4.78 is 27.6. The van der Waals surface area contributed by atoms with E-state index in [9.17, 15) is 9.90 Å². The Morgan fingerprint density at radius 3 is 2.67 bits per heavy atom. The SMILES string of the molecule is COc1cc(C2OCC3C(c4ccc5c(c4)OCO5)OC(=O)C23)ccc1O. The van der Waals surface area contributed by atoms with E-state index in [4.69, 9.17) is 23.7 Å². The molecule has 3 aliphatic rings. The van der Waals surface area contributed by atoms with Gasteiger partial charge in [0.05, 0.1) is 25.7 Å². The van der Waals surface area contributed by atoms with Crippen LogP contribution >= 0.6 is 0 Å². The Bertz CT molecular complexity index is 900. The zero-order valence-electron chi connectivity index (χ0n) is 14.6. The first-order valence-electron chi connectivity index (χ1n) is 8.74. The number of esters is 1. The molecule has 0 aromatic heterocycles. The highest BCUT2D eigenvalue weighted by Gasteiger charge is 2.54. The van der Waals surface area contributed by atoms with Crippen LogP contribution in [-0.2, 0) is 14.3 Å². The third kappa shape index (κ3) is 2.49. The molecule has 0 saturated carbocycles. The summed E-state index contributed by atoms with van der Waals surface area (Å²) in [5.41, 5.74) is 1.65. The molecule has 0 amide bonds. The van der Waals surface area contributed by atoms with Crippen molar-refractivity contribution in [3.8, 4) is 23.0 Å². The number of aromatic hydroxyl groups is 1. The molecule has 2 fully saturated rings. The van der Waals surface area contributed by atoms with Crippen LogP contribution in [0.1, 0.15) is 23.3 Å². The van der Waals surface area contributed by atoms with E-state index in [0.717, 1.165) is 11.1 Å². The topological polar surface area (TPSA) is 83.5 Å². The first-order valence-corrected chi connectivity index (χ1v) is 8.74. The van der Waals surface area contributed by atoms with Crippen molar-refractivity contribution in [3.05, 3.63) is 47.5 Å². The van der Waals surface area contributed by atoms with Crippen LogP contribution in [0.4, 0.5) is 0 Å². The monoisotopic (exact) mass is 370 g/mol. The van der Waals surface area contributed by atoms with Gasteiger partial charge in [-0.3, -0.25) is 4.79 Å². The molecule has 0 aliphatic carbocycles. The lowest BCUT2D eigenvalue weighted by atomic mass is 9.84. The zero-order chi connectivity index (χ0) is 18.5. The third-order valence-electron chi connectivity index (χ3n) is 5.42. The predicted octanol–water partition coefficient (Wildman–Crippen LogP) is 2.73. The summed E-state index contributed by atoms with van der Waals surface area (Å²) in [6, 6.07) is 10.6. The predicted molar refractivity (Wildman–Crippen MR) is 91.7 cm³/mol. The number of phenols is 1. The van der Waals surface area contributed by atoms with Crippen molar-refractivity contribution in [2.75, 3.05) is 20.5 Å². The van der Waals surface area contributed by atoms with Crippen molar-refractivity contribution in [1.29, 1.82) is 0 Å². The number of methoxy groups -OCH3 is 1. The molecule has 4 atom stereocenters. The van der Waals surface area contributed by atoms with E-state index < -0.39 is 12.0 Å². The summed E-state index contributed by atoms with van der Waals surface area (Å²) in [6.45, 7) is 0.604. The van der Waals surface area contributed by atoms with E-state index in [2.05, 4.69) is 0 Å². The molecule has 4 unspecified atom stereocenters. The van der Waals surface area contributed by atoms with Crippen molar-refractivity contribution in [2.45, 2.75) is 12.2 Å². The average molecular weight is 370 g/mol. The van der Waals surface area contributed by atoms with Crippen molar-refractivity contribution in [3.63, 3.8) is 0 Å². The molecule has 7 heteroatoms. The summed E-state index contributed by atoms with van der Waals surface area (Å²) in [4.78, 5) is 12.6. The van der Waals surface area contributed by atoms with Gasteiger partial charge in [0.2, 0.25) is 6.79 Å². The molecular weight excluding hydrogens is 352 g/mol. The number of cyclic esters (lactones) is 1. The molecule has 0 spiro atoms. The minimum Gasteiger partial charge on any atom is -0.504 e. The zero-order valence-corrected chi connectivity index (χ0v) is 14.6. The lowest BCUT2D eigenvalue weighted by molar-refractivity contribution is -0.148. The van der Waals surface area contributed by atoms with Crippen LogP contribution in [0.3, 0.4) is 0 Å². The summed E-state index contributed by atoms with van der Waals surface area (Å²) in [6.07, 6.45) is -0.822. The Morgan fingerprint density at radius 2 is 1.81 bits per heavy atom. The second-order valence-corrected chi connectivity index (χ2v) is 6.85. The first kappa shape index (κ1) is 16.3. The van der Waals surface area contributed by atoms with Gasteiger partial charge in [0.15, 0.2) is 23.0 Å². The van der Waals surface area contributed by atoms with Crippen LogP contribution in [0.5, 0.6) is 23.0 Å². The molecule has 27 heavy (non-hydrogen) atoms. The second-order valence-electron chi connectivity index (χ2n) is 6.85. The first-order chi connectivity index (χ1) is 13.2. The fourth-order valence-corrected chi connectivity index (χ4v) is 4.09. The van der Waals surface area contributed by atoms with Crippen LogP contribution in [0.15, 0.2) is 36.4 Å². The standard InChI is InChI=1S/C20H18O7/c1-23-15-6-11(2-4-13(15)21)19-17-12(8-24-19)18(27-20(17)22)10-3-5-14-16(7-10)26-9-25-14/h2-7,12,17-19,21H,8-9H2,1H3. The molecule has 2 aromatic carbocycles. The molecule has 2 aromatic rings. The Morgan fingerprint density at radius 1 is 1.04 bits per heavy atom. The molecule has 5 rings (SSSR count). The number of ether oxygens (including phenoxy) is 5. The molecule has 0 radical (unpaired) electrons. The maximum absolute atomic E-state index is 12.6. The number of fused-ring (bicyclic) bond motifs is 2. The third-order valence-corrected chi connectivity index (χ3v) is 5.42. The highest BCUT2D eigenvalue weighted by atomic mass is 16.7. The van der Waals surface area contributed by atoms with Crippen LogP contribution in [0.25, 0.3) is 0 Å². The molecule has 3 aliphatic heterocycles. The average Bonchev–Trinajstić information content (AvgIpc) is 3.38. The van der Waals surface area contributed by atoms with Gasteiger partial charge in [-0.25, -0.2) is 0 Å². The van der Waals surface area contributed by atoms with Gasteiger partial charge in [0.25, 0.3) is 0 Å². The van der Waals surface area contributed by atoms with Crippen LogP contribution in [0, 0.1) is 11.8 Å². The molecule has 2 saturated heterocycles. The lowest BCUT2D eigenvalue weighted by Crippen LogP contribution is -2.17. The minimum atomic E-state index is -0.434. The summed E-state index contributed by atoms with van der Waals surface area (Å²) >= 11 is 0. The van der Waals surface area contributed by atoms with Gasteiger partial charge < -0.3 is 28.8 Å². The Hall–Kier alpha value is -2.93. The number of rotatable bonds is 3. The quantitative estimate of drug-likeness (QED) is 0.832. The number of benzene rings is 2. The molecule has 1 N–H and O–H groups in total. The Balaban J connectivity index is 1.44. The number of carbonyl (C=O) groups is 1. The molecular formula is C20H18O7. The van der Waals surface area contributed by atoms with Gasteiger partial charge in [-0.15, -0.1) is 0 Å². The Kier molecular flexibility index (Phi) is 3.65. The van der Waals surface area contributed by atoms with Crippen molar-refractivity contribution >= 4 is 5.97 Å². The van der Waals surface area contributed by atoms with Crippen molar-refractivity contribution < 1.29 is 33.6 Å². The molecule has 0 bridgehead atoms. The molecule has 3 heterocycles. The summed E-state index contributed by atoms with van der Waals surface area (Å²) in [5, 5.41) is 9.81. The summed E-state index contributed by atoms with van der Waals surface area (Å²) in [7, 11) is 1.48. The van der Waals surface area contributed by atoms with Crippen LogP contribution < -0.4 is 14.2 Å². The van der Waals surface area contributed by atoms with Crippen molar-refractivity contribution in [2.24, 2.45) is 11.8 Å². The normalized spacial score (nSPS) is 28.1. The van der Waals surface area contributed by atoms with Crippen LogP contribution in [0.2, 0.25) is 0 Å². The van der Waals surface area contributed by atoms with E-state index in [-0.39, 0.29) is 30.5 Å². The van der Waals surface area contributed by atoms with E-state index in [1.807, 2.05) is 18.2 Å². The van der Waals surface area contributed by atoms with Crippen LogP contribution in [-0.4, -0.2) is 31.6 Å². The van der Waals surface area contributed by atoms with Crippen molar-refractivity contribution in [1.82, 2.24) is 0 Å². The minimum absolute atomic E-state index is 0.0445. The maximum Gasteiger partial charge on any atom is 0.313 e. The highest BCUT2D eigenvalue weighted by Crippen LogP contribution is 2.52. The number of carbonyl (C=O) groups excluding carboxylic acids is 1. The lowest BCUT2D eigenvalue weighted by Gasteiger charge is -2.16.